The first-order valence-electron chi connectivity index (χ1n) is 10.2. The summed E-state index contributed by atoms with van der Waals surface area (Å²) in [7, 11) is 1.70. The molecule has 168 valence electrons. The minimum atomic E-state index is -1.02. The number of fused-ring (bicyclic) bond motifs is 1. The summed E-state index contributed by atoms with van der Waals surface area (Å²) >= 11 is 0. The SMILES string of the molecule is CNc1cc(Nc2cccn(-c3ccnc(C)n3)c2=O)nc2c(C(=O)N[C@H]3C[C@H]3F)cnn12. The highest BCUT2D eigenvalue weighted by atomic mass is 19.1. The zero-order chi connectivity index (χ0) is 23.1. The van der Waals surface area contributed by atoms with Gasteiger partial charge in [0, 0.05) is 31.9 Å². The predicted molar refractivity (Wildman–Crippen MR) is 119 cm³/mol. The maximum absolute atomic E-state index is 13.2. The number of anilines is 3. The van der Waals surface area contributed by atoms with Crippen molar-refractivity contribution < 1.29 is 9.18 Å². The molecule has 1 aliphatic rings. The Kier molecular flexibility index (Phi) is 4.96. The van der Waals surface area contributed by atoms with Crippen molar-refractivity contribution in [2.45, 2.75) is 25.6 Å². The van der Waals surface area contributed by atoms with Gasteiger partial charge in [-0.3, -0.25) is 14.2 Å². The summed E-state index contributed by atoms with van der Waals surface area (Å²) < 4.78 is 16.1. The van der Waals surface area contributed by atoms with Crippen LogP contribution in [0.2, 0.25) is 0 Å². The third-order valence-corrected chi connectivity index (χ3v) is 5.22. The molecule has 0 radical (unpaired) electrons. The Morgan fingerprint density at radius 1 is 1.27 bits per heavy atom. The molecule has 0 unspecified atom stereocenters. The van der Waals surface area contributed by atoms with Gasteiger partial charge >= 0.3 is 0 Å². The fourth-order valence-corrected chi connectivity index (χ4v) is 3.41. The second-order valence-electron chi connectivity index (χ2n) is 7.59. The van der Waals surface area contributed by atoms with E-state index in [0.29, 0.717) is 29.7 Å². The van der Waals surface area contributed by atoms with Crippen LogP contribution in [0, 0.1) is 6.92 Å². The van der Waals surface area contributed by atoms with Gasteiger partial charge in [0.15, 0.2) is 5.65 Å². The van der Waals surface area contributed by atoms with Gasteiger partial charge in [-0.2, -0.15) is 9.61 Å². The molecule has 1 saturated carbocycles. The third-order valence-electron chi connectivity index (χ3n) is 5.22. The number of nitrogens with zero attached hydrogens (tertiary/aromatic N) is 6. The number of amides is 1. The molecule has 0 spiro atoms. The lowest BCUT2D eigenvalue weighted by Crippen LogP contribution is -2.27. The molecule has 1 aliphatic carbocycles. The van der Waals surface area contributed by atoms with Gasteiger partial charge in [-0.1, -0.05) is 0 Å². The molecule has 33 heavy (non-hydrogen) atoms. The first-order chi connectivity index (χ1) is 15.9. The van der Waals surface area contributed by atoms with Crippen molar-refractivity contribution >= 4 is 28.9 Å². The number of hydrogen-bond acceptors (Lipinski definition) is 8. The normalized spacial score (nSPS) is 17.1. The molecule has 1 amide bonds. The summed E-state index contributed by atoms with van der Waals surface area (Å²) in [6.45, 7) is 1.74. The molecule has 0 aliphatic heterocycles. The number of carbonyl (C=O) groups excluding carboxylic acids is 1. The number of carbonyl (C=O) groups is 1. The van der Waals surface area contributed by atoms with E-state index in [1.807, 2.05) is 0 Å². The maximum atomic E-state index is 13.2. The molecule has 12 heteroatoms. The van der Waals surface area contributed by atoms with Gasteiger partial charge in [-0.05, 0) is 25.1 Å². The molecule has 0 bridgehead atoms. The Morgan fingerprint density at radius 2 is 2.09 bits per heavy atom. The number of hydrogen-bond donors (Lipinski definition) is 3. The average Bonchev–Trinajstić information content (AvgIpc) is 3.31. The Bertz CT molecular complexity index is 1430. The molecule has 1 fully saturated rings. The Balaban J connectivity index is 1.52. The zero-order valence-electron chi connectivity index (χ0n) is 17.8. The highest BCUT2D eigenvalue weighted by Gasteiger charge is 2.39. The second-order valence-corrected chi connectivity index (χ2v) is 7.59. The highest BCUT2D eigenvalue weighted by Crippen LogP contribution is 2.26. The molecular weight excluding hydrogens is 429 g/mol. The highest BCUT2D eigenvalue weighted by molar-refractivity contribution is 6.00. The molecule has 11 nitrogen and oxygen atoms in total. The van der Waals surface area contributed by atoms with Crippen LogP contribution in [-0.4, -0.2) is 54.3 Å². The summed E-state index contributed by atoms with van der Waals surface area (Å²) in [4.78, 5) is 38.5. The van der Waals surface area contributed by atoms with Crippen molar-refractivity contribution in [1.82, 2.24) is 34.4 Å². The van der Waals surface area contributed by atoms with E-state index in [4.69, 9.17) is 0 Å². The Labute approximate surface area is 186 Å². The number of aromatic nitrogens is 6. The molecule has 4 heterocycles. The van der Waals surface area contributed by atoms with Gasteiger partial charge in [-0.25, -0.2) is 19.3 Å². The van der Waals surface area contributed by atoms with Gasteiger partial charge < -0.3 is 16.0 Å². The Morgan fingerprint density at radius 3 is 2.82 bits per heavy atom. The molecule has 3 N–H and O–H groups in total. The molecular formula is C21H20FN9O2. The maximum Gasteiger partial charge on any atom is 0.279 e. The van der Waals surface area contributed by atoms with Crippen molar-refractivity contribution in [3.8, 4) is 5.82 Å². The lowest BCUT2D eigenvalue weighted by Gasteiger charge is -2.11. The number of nitrogens with one attached hydrogen (secondary N) is 3. The van der Waals surface area contributed by atoms with Crippen LogP contribution in [0.5, 0.6) is 0 Å². The monoisotopic (exact) mass is 449 g/mol. The van der Waals surface area contributed by atoms with Crippen LogP contribution in [0.4, 0.5) is 21.7 Å². The van der Waals surface area contributed by atoms with Crippen molar-refractivity contribution in [2.75, 3.05) is 17.7 Å². The molecule has 4 aromatic heterocycles. The molecule has 0 aromatic carbocycles. The number of aryl methyl sites for hydroxylation is 1. The van der Waals surface area contributed by atoms with E-state index in [-0.39, 0.29) is 22.5 Å². The average molecular weight is 449 g/mol. The number of halogens is 1. The fraction of sp³-hybridized carbons (Fsp3) is 0.238. The van der Waals surface area contributed by atoms with Gasteiger partial charge in [0.2, 0.25) is 0 Å². The van der Waals surface area contributed by atoms with E-state index in [2.05, 4.69) is 36.0 Å². The smallest absolute Gasteiger partial charge is 0.279 e. The first-order valence-corrected chi connectivity index (χ1v) is 10.2. The van der Waals surface area contributed by atoms with Crippen molar-refractivity contribution in [3.05, 3.63) is 64.6 Å². The van der Waals surface area contributed by atoms with Crippen LogP contribution in [-0.2, 0) is 0 Å². The number of pyridine rings is 1. The summed E-state index contributed by atoms with van der Waals surface area (Å²) in [5, 5.41) is 12.9. The zero-order valence-corrected chi connectivity index (χ0v) is 17.8. The first kappa shape index (κ1) is 20.5. The topological polar surface area (TPSA) is 131 Å². The van der Waals surface area contributed by atoms with Crippen molar-refractivity contribution in [3.63, 3.8) is 0 Å². The van der Waals surface area contributed by atoms with E-state index < -0.39 is 18.1 Å². The number of alkyl halides is 1. The van der Waals surface area contributed by atoms with E-state index in [1.165, 1.54) is 15.3 Å². The fourth-order valence-electron chi connectivity index (χ4n) is 3.41. The van der Waals surface area contributed by atoms with E-state index in [0.717, 1.165) is 0 Å². The lowest BCUT2D eigenvalue weighted by molar-refractivity contribution is 0.0949. The quantitative estimate of drug-likeness (QED) is 0.405. The number of rotatable bonds is 6. The predicted octanol–water partition coefficient (Wildman–Crippen LogP) is 1.60. The lowest BCUT2D eigenvalue weighted by atomic mass is 10.3. The van der Waals surface area contributed by atoms with Crippen LogP contribution in [0.1, 0.15) is 22.6 Å². The van der Waals surface area contributed by atoms with Crippen LogP contribution in [0.15, 0.2) is 47.7 Å². The minimum Gasteiger partial charge on any atom is -0.373 e. The minimum absolute atomic E-state index is 0.205. The van der Waals surface area contributed by atoms with Gasteiger partial charge in [0.1, 0.15) is 40.7 Å². The summed E-state index contributed by atoms with van der Waals surface area (Å²) in [5.74, 6) is 1.39. The third kappa shape index (κ3) is 3.86. The molecule has 2 atom stereocenters. The second kappa shape index (κ2) is 7.97. The van der Waals surface area contributed by atoms with Crippen molar-refractivity contribution in [1.29, 1.82) is 0 Å². The van der Waals surface area contributed by atoms with Gasteiger partial charge in [-0.15, -0.1) is 0 Å². The van der Waals surface area contributed by atoms with Gasteiger partial charge in [0.25, 0.3) is 11.5 Å². The summed E-state index contributed by atoms with van der Waals surface area (Å²) in [5.41, 5.74) is 0.394. The van der Waals surface area contributed by atoms with E-state index >= 15 is 0 Å². The molecule has 0 saturated heterocycles. The Hall–Kier alpha value is -4.35. The largest absolute Gasteiger partial charge is 0.373 e. The summed E-state index contributed by atoms with van der Waals surface area (Å²) in [6, 6.07) is 6.15. The summed E-state index contributed by atoms with van der Waals surface area (Å²) in [6.07, 6.45) is 3.86. The van der Waals surface area contributed by atoms with Gasteiger partial charge in [0.05, 0.1) is 12.2 Å². The van der Waals surface area contributed by atoms with E-state index in [1.54, 1.807) is 50.6 Å². The standard InChI is InChI=1S/C21H20FN9O2/c1-11-24-6-5-17(26-11)30-7-3-4-14(21(30)33)27-16-9-18(23-2)31-19(29-16)12(10-25-31)20(32)28-15-8-13(15)22/h3-7,9-10,13,15,23H,8H2,1-2H3,(H,27,29)(H,28,32)/t13-,15+/m1/s1. The van der Waals surface area contributed by atoms with Crippen LogP contribution < -0.4 is 21.5 Å². The van der Waals surface area contributed by atoms with Crippen molar-refractivity contribution in [2.24, 2.45) is 0 Å². The van der Waals surface area contributed by atoms with E-state index in [9.17, 15) is 14.0 Å². The molecule has 5 rings (SSSR count). The molecule has 4 aromatic rings. The van der Waals surface area contributed by atoms with Crippen LogP contribution in [0.25, 0.3) is 11.5 Å². The van der Waals surface area contributed by atoms with Crippen LogP contribution in [0.3, 0.4) is 0 Å². The van der Waals surface area contributed by atoms with Crippen LogP contribution >= 0.6 is 0 Å².